The molecule has 1 heterocycles. The zero-order valence-electron chi connectivity index (χ0n) is 13.1. The van der Waals surface area contributed by atoms with E-state index in [2.05, 4.69) is 21.2 Å². The third kappa shape index (κ3) is 4.45. The monoisotopic (exact) mass is 324 g/mol. The Morgan fingerprint density at radius 1 is 1.30 bits per heavy atom. The van der Waals surface area contributed by atoms with Crippen molar-refractivity contribution in [1.82, 2.24) is 10.1 Å². The first-order valence-corrected chi connectivity index (χ1v) is 7.00. The number of aliphatic carboxylic acids is 1. The number of benzene rings is 1. The minimum atomic E-state index is -3.42. The molecule has 2 rings (SSSR count). The molecule has 0 aliphatic heterocycles. The summed E-state index contributed by atoms with van der Waals surface area (Å²) in [6.45, 7) is 9.06. The Balaban J connectivity index is 0.00000127. The van der Waals surface area contributed by atoms with Crippen LogP contribution in [0.3, 0.4) is 0 Å². The van der Waals surface area contributed by atoms with Crippen molar-refractivity contribution in [2.45, 2.75) is 33.1 Å². The van der Waals surface area contributed by atoms with Crippen LogP contribution in [0, 0.1) is 6.92 Å². The van der Waals surface area contributed by atoms with E-state index in [0.717, 1.165) is 5.56 Å². The highest BCUT2D eigenvalue weighted by Crippen LogP contribution is 2.33. The van der Waals surface area contributed by atoms with E-state index in [1.807, 2.05) is 13.8 Å². The Hall–Kier alpha value is -2.57. The summed E-state index contributed by atoms with van der Waals surface area (Å²) >= 11 is 0. The molecule has 7 heteroatoms. The number of nitrogens with zero attached hydrogens (tertiary/aromatic N) is 2. The fourth-order valence-corrected chi connectivity index (χ4v) is 1.60. The van der Waals surface area contributed by atoms with E-state index in [9.17, 15) is 13.6 Å². The summed E-state index contributed by atoms with van der Waals surface area (Å²) < 4.78 is 33.1. The normalized spacial score (nSPS) is 10.7. The van der Waals surface area contributed by atoms with Gasteiger partial charge in [0.15, 0.2) is 0 Å². The predicted octanol–water partition coefficient (Wildman–Crippen LogP) is 3.73. The first-order chi connectivity index (χ1) is 10.8. The average molecular weight is 324 g/mol. The van der Waals surface area contributed by atoms with E-state index in [0.29, 0.717) is 0 Å². The highest BCUT2D eigenvalue weighted by molar-refractivity contribution is 5.86. The maximum absolute atomic E-state index is 14.2. The molecule has 1 aromatic heterocycles. The van der Waals surface area contributed by atoms with Gasteiger partial charge in [0.1, 0.15) is 0 Å². The van der Waals surface area contributed by atoms with Crippen LogP contribution in [0.15, 0.2) is 40.9 Å². The highest BCUT2D eigenvalue weighted by atomic mass is 19.3. The molecule has 23 heavy (non-hydrogen) atoms. The minimum absolute atomic E-state index is 0.218. The number of aromatic nitrogens is 2. The summed E-state index contributed by atoms with van der Waals surface area (Å²) in [5.41, 5.74) is 0.363. The van der Waals surface area contributed by atoms with Crippen LogP contribution in [0.25, 0.3) is 0 Å². The molecule has 0 saturated carbocycles. The van der Waals surface area contributed by atoms with E-state index in [-0.39, 0.29) is 23.4 Å². The molecule has 1 N–H and O–H groups in total. The van der Waals surface area contributed by atoms with Gasteiger partial charge in [0.2, 0.25) is 11.7 Å². The zero-order chi connectivity index (χ0) is 17.6. The second-order valence-electron chi connectivity index (χ2n) is 4.54. The van der Waals surface area contributed by atoms with Crippen molar-refractivity contribution in [3.05, 3.63) is 59.3 Å². The maximum Gasteiger partial charge on any atom is 0.335 e. The molecule has 0 fully saturated rings. The number of hydrogen-bond donors (Lipinski definition) is 1. The quantitative estimate of drug-likeness (QED) is 0.848. The van der Waals surface area contributed by atoms with Crippen molar-refractivity contribution in [2.75, 3.05) is 0 Å². The molecular weight excluding hydrogens is 306 g/mol. The van der Waals surface area contributed by atoms with Crippen LogP contribution in [0.5, 0.6) is 0 Å². The molecule has 0 atom stereocenters. The van der Waals surface area contributed by atoms with Crippen LogP contribution in [-0.2, 0) is 17.1 Å². The summed E-state index contributed by atoms with van der Waals surface area (Å²) in [5.74, 6) is -5.69. The molecule has 0 aliphatic carbocycles. The third-order valence-corrected chi connectivity index (χ3v) is 2.83. The van der Waals surface area contributed by atoms with Crippen LogP contribution in [0.2, 0.25) is 0 Å². The van der Waals surface area contributed by atoms with Gasteiger partial charge in [-0.15, -0.1) is 0 Å². The van der Waals surface area contributed by atoms with Gasteiger partial charge in [-0.2, -0.15) is 13.8 Å². The van der Waals surface area contributed by atoms with Gasteiger partial charge in [-0.3, -0.25) is 0 Å². The van der Waals surface area contributed by atoms with Gasteiger partial charge in [0.25, 0.3) is 0 Å². The topological polar surface area (TPSA) is 76.2 Å². The number of alkyl halides is 2. The van der Waals surface area contributed by atoms with Crippen molar-refractivity contribution in [3.63, 3.8) is 0 Å². The van der Waals surface area contributed by atoms with E-state index in [1.165, 1.54) is 12.1 Å². The molecule has 124 valence electrons. The van der Waals surface area contributed by atoms with E-state index < -0.39 is 17.7 Å². The van der Waals surface area contributed by atoms with E-state index in [4.69, 9.17) is 5.11 Å². The largest absolute Gasteiger partial charge is 0.478 e. The van der Waals surface area contributed by atoms with Crippen LogP contribution in [0.1, 0.15) is 36.7 Å². The van der Waals surface area contributed by atoms with Crippen molar-refractivity contribution in [1.29, 1.82) is 0 Å². The molecule has 1 aromatic carbocycles. The van der Waals surface area contributed by atoms with Crippen LogP contribution < -0.4 is 0 Å². The van der Waals surface area contributed by atoms with Gasteiger partial charge in [-0.25, -0.2) is 4.79 Å². The second kappa shape index (κ2) is 7.62. The maximum atomic E-state index is 14.2. The average Bonchev–Trinajstić information content (AvgIpc) is 2.99. The second-order valence-corrected chi connectivity index (χ2v) is 4.54. The lowest BCUT2D eigenvalue weighted by Crippen LogP contribution is -2.17. The number of halogens is 2. The fourth-order valence-electron chi connectivity index (χ4n) is 1.60. The third-order valence-electron chi connectivity index (χ3n) is 2.83. The Morgan fingerprint density at radius 3 is 2.39 bits per heavy atom. The number of hydrogen-bond acceptors (Lipinski definition) is 4. The smallest absolute Gasteiger partial charge is 0.335 e. The summed E-state index contributed by atoms with van der Waals surface area (Å²) in [6, 6.07) is 5.66. The summed E-state index contributed by atoms with van der Waals surface area (Å²) in [4.78, 5) is 14.2. The molecule has 0 bridgehead atoms. The van der Waals surface area contributed by atoms with E-state index in [1.54, 1.807) is 19.1 Å². The molecule has 0 unspecified atom stereocenters. The van der Waals surface area contributed by atoms with E-state index >= 15 is 0 Å². The number of carbonyl (C=O) groups is 1. The summed E-state index contributed by atoms with van der Waals surface area (Å²) in [7, 11) is 0. The van der Waals surface area contributed by atoms with Crippen molar-refractivity contribution in [3.8, 4) is 0 Å². The standard InChI is InChI=1S/C14H12F2N2O3.C2H6/c1-8-3-5-10(6-4-8)14(15,16)13-17-11(21-18-13)7-9(2)12(19)20;1-2/h3-6H,2,7H2,1H3,(H,19,20);1-2H3. The van der Waals surface area contributed by atoms with Gasteiger partial charge in [0.05, 0.1) is 6.42 Å². The first-order valence-electron chi connectivity index (χ1n) is 7.00. The number of rotatable bonds is 5. The Morgan fingerprint density at radius 2 is 1.87 bits per heavy atom. The molecule has 2 aromatic rings. The van der Waals surface area contributed by atoms with Gasteiger partial charge >= 0.3 is 11.9 Å². The molecule has 0 radical (unpaired) electrons. The SMILES string of the molecule is C=C(Cc1nc(C(F)(F)c2ccc(C)cc2)no1)C(=O)O.CC. The fraction of sp³-hybridized carbons (Fsp3) is 0.312. The Bertz CT molecular complexity index is 679. The van der Waals surface area contributed by atoms with Crippen molar-refractivity contribution < 1.29 is 23.2 Å². The Labute approximate surface area is 132 Å². The lowest BCUT2D eigenvalue weighted by Gasteiger charge is -2.12. The first kappa shape index (κ1) is 18.5. The van der Waals surface area contributed by atoms with Gasteiger partial charge < -0.3 is 9.63 Å². The predicted molar refractivity (Wildman–Crippen MR) is 80.3 cm³/mol. The molecule has 0 amide bonds. The van der Waals surface area contributed by atoms with Crippen LogP contribution in [0.4, 0.5) is 8.78 Å². The van der Waals surface area contributed by atoms with Crippen molar-refractivity contribution in [2.24, 2.45) is 0 Å². The lowest BCUT2D eigenvalue weighted by molar-refractivity contribution is -0.132. The summed E-state index contributed by atoms with van der Waals surface area (Å²) in [6.07, 6.45) is -0.285. The number of carboxylic acid groups (broad SMARTS) is 1. The number of carboxylic acids is 1. The molecule has 0 aliphatic rings. The zero-order valence-corrected chi connectivity index (χ0v) is 13.1. The minimum Gasteiger partial charge on any atom is -0.478 e. The van der Waals surface area contributed by atoms with Crippen LogP contribution in [-0.4, -0.2) is 21.2 Å². The highest BCUT2D eigenvalue weighted by Gasteiger charge is 2.39. The van der Waals surface area contributed by atoms with Gasteiger partial charge in [-0.1, -0.05) is 55.4 Å². The lowest BCUT2D eigenvalue weighted by atomic mass is 10.1. The number of aryl methyl sites for hydroxylation is 1. The molecule has 5 nitrogen and oxygen atoms in total. The van der Waals surface area contributed by atoms with Crippen molar-refractivity contribution >= 4 is 5.97 Å². The molecule has 0 saturated heterocycles. The summed E-state index contributed by atoms with van der Waals surface area (Å²) in [5, 5.41) is 11.9. The molecular formula is C16H18F2N2O3. The molecule has 0 spiro atoms. The van der Waals surface area contributed by atoms with Gasteiger partial charge in [0, 0.05) is 11.1 Å². The Kier molecular flexibility index (Phi) is 6.12. The van der Waals surface area contributed by atoms with Gasteiger partial charge in [-0.05, 0) is 6.92 Å². The van der Waals surface area contributed by atoms with Crippen LogP contribution >= 0.6 is 0 Å².